The Bertz CT molecular complexity index is 798. The highest BCUT2D eigenvalue weighted by atomic mass is 28.3. The van der Waals surface area contributed by atoms with Crippen LogP contribution in [-0.4, -0.2) is 27.5 Å². The van der Waals surface area contributed by atoms with Crippen LogP contribution in [0.25, 0.3) is 0 Å². The van der Waals surface area contributed by atoms with Crippen LogP contribution >= 0.6 is 0 Å². The smallest absolute Gasteiger partial charge is 0.456 e. The molecule has 0 bridgehead atoms. The van der Waals surface area contributed by atoms with Crippen LogP contribution in [-0.2, 0) is 6.42 Å². The Morgan fingerprint density at radius 2 is 1.54 bits per heavy atom. The minimum Gasteiger partial charge on any atom is -0.484 e. The van der Waals surface area contributed by atoms with E-state index in [-0.39, 0.29) is 0 Å². The summed E-state index contributed by atoms with van der Waals surface area (Å²) in [5.74, 6) is -3.84. The lowest BCUT2D eigenvalue weighted by molar-refractivity contribution is -0.290. The first-order valence-corrected chi connectivity index (χ1v) is 16.9. The van der Waals surface area contributed by atoms with Gasteiger partial charge in [0.05, 0.1) is 0 Å². The first kappa shape index (κ1) is 30.4. The van der Waals surface area contributed by atoms with E-state index in [0.717, 1.165) is 36.7 Å². The summed E-state index contributed by atoms with van der Waals surface area (Å²) in [6.45, 7) is 0.354. The predicted molar refractivity (Wildman–Crippen MR) is 140 cm³/mol. The lowest BCUT2D eigenvalue weighted by atomic mass is 9.73. The van der Waals surface area contributed by atoms with Crippen molar-refractivity contribution < 1.29 is 31.1 Å². The Morgan fingerprint density at radius 1 is 0.865 bits per heavy atom. The molecule has 0 amide bonds. The van der Waals surface area contributed by atoms with E-state index < -0.39 is 39.1 Å². The number of ether oxygens (including phenoxy) is 1. The third-order valence-corrected chi connectivity index (χ3v) is 12.3. The molecular weight excluding hydrogens is 506 g/mol. The second-order valence-electron chi connectivity index (χ2n) is 11.6. The Morgan fingerprint density at radius 3 is 2.16 bits per heavy atom. The molecule has 37 heavy (non-hydrogen) atoms. The fourth-order valence-electron chi connectivity index (χ4n) is 6.41. The van der Waals surface area contributed by atoms with Crippen molar-refractivity contribution in [1.29, 1.82) is 0 Å². The maximum absolute atomic E-state index is 14.2. The molecule has 1 heterocycles. The van der Waals surface area contributed by atoms with Gasteiger partial charge in [-0.05, 0) is 61.1 Å². The number of rotatable bonds is 13. The summed E-state index contributed by atoms with van der Waals surface area (Å²) in [5, 5.41) is 0. The number of halogens is 6. The van der Waals surface area contributed by atoms with Crippen molar-refractivity contribution >= 4 is 8.80 Å². The Balaban J connectivity index is 1.29. The SMILES string of the molecule is CCCCC[SiH]1CCC(C2CCC(CCCCc3ccc(OCC(F)(F)C(F)(F)F)c(F)c3)CC2)CC1. The van der Waals surface area contributed by atoms with Crippen LogP contribution in [0.4, 0.5) is 26.3 Å². The van der Waals surface area contributed by atoms with Crippen LogP contribution in [0, 0.1) is 23.6 Å². The summed E-state index contributed by atoms with van der Waals surface area (Å²) in [7, 11) is -0.433. The Labute approximate surface area is 220 Å². The largest absolute Gasteiger partial charge is 0.484 e. The van der Waals surface area contributed by atoms with Crippen LogP contribution < -0.4 is 4.74 Å². The van der Waals surface area contributed by atoms with Gasteiger partial charge in [-0.3, -0.25) is 0 Å². The van der Waals surface area contributed by atoms with Gasteiger partial charge in [0.15, 0.2) is 18.2 Å². The molecule has 0 N–H and O–H groups in total. The Hall–Kier alpha value is -1.18. The second kappa shape index (κ2) is 14.3. The summed E-state index contributed by atoms with van der Waals surface area (Å²) in [4.78, 5) is 0. The first-order valence-electron chi connectivity index (χ1n) is 14.4. The normalized spacial score (nSPS) is 25.3. The minimum absolute atomic E-state index is 0.433. The van der Waals surface area contributed by atoms with Crippen LogP contribution in [0.1, 0.15) is 89.5 Å². The number of alkyl halides is 5. The van der Waals surface area contributed by atoms with Crippen LogP contribution in [0.2, 0.25) is 18.1 Å². The standard InChI is InChI=1S/C29H44F6OSi/c1-2-3-6-17-37-18-15-25(16-19-37)24-12-9-22(10-13-24)7-4-5-8-23-11-14-27(26(30)20-23)36-21-28(31,32)29(33,34)35/h11,14,20,22,24-25,37H,2-10,12-13,15-19,21H2,1H3. The molecule has 0 aromatic heterocycles. The predicted octanol–water partition coefficient (Wildman–Crippen LogP) is 9.75. The van der Waals surface area contributed by atoms with E-state index in [2.05, 4.69) is 11.7 Å². The molecule has 0 unspecified atom stereocenters. The fourth-order valence-corrected chi connectivity index (χ4v) is 9.94. The number of hydrogen-bond acceptors (Lipinski definition) is 1. The average Bonchev–Trinajstić information content (AvgIpc) is 2.86. The van der Waals surface area contributed by atoms with E-state index in [4.69, 9.17) is 0 Å². The highest BCUT2D eigenvalue weighted by Gasteiger charge is 2.58. The van der Waals surface area contributed by atoms with E-state index >= 15 is 0 Å². The molecule has 1 aliphatic carbocycles. The monoisotopic (exact) mass is 550 g/mol. The van der Waals surface area contributed by atoms with Gasteiger partial charge in [-0.15, -0.1) is 0 Å². The van der Waals surface area contributed by atoms with E-state index in [1.807, 2.05) is 0 Å². The van der Waals surface area contributed by atoms with Gasteiger partial charge >= 0.3 is 12.1 Å². The summed E-state index contributed by atoms with van der Waals surface area (Å²) < 4.78 is 81.3. The summed E-state index contributed by atoms with van der Waals surface area (Å²) in [6.07, 6.45) is 10.6. The zero-order valence-electron chi connectivity index (χ0n) is 22.2. The van der Waals surface area contributed by atoms with E-state index in [1.165, 1.54) is 76.3 Å². The highest BCUT2D eigenvalue weighted by Crippen LogP contribution is 2.42. The topological polar surface area (TPSA) is 9.23 Å². The van der Waals surface area contributed by atoms with Gasteiger partial charge in [-0.1, -0.05) is 88.9 Å². The molecule has 8 heteroatoms. The molecule has 1 aliphatic heterocycles. The van der Waals surface area contributed by atoms with Gasteiger partial charge in [0, 0.05) is 8.80 Å². The molecule has 1 saturated heterocycles. The van der Waals surface area contributed by atoms with Gasteiger partial charge in [-0.2, -0.15) is 22.0 Å². The number of hydrogen-bond donors (Lipinski definition) is 0. The van der Waals surface area contributed by atoms with Crippen molar-refractivity contribution in [3.05, 3.63) is 29.6 Å². The van der Waals surface area contributed by atoms with Crippen molar-refractivity contribution in [2.45, 2.75) is 121 Å². The molecule has 2 fully saturated rings. The molecule has 1 nitrogen and oxygen atoms in total. The molecule has 0 spiro atoms. The molecule has 3 rings (SSSR count). The van der Waals surface area contributed by atoms with Gasteiger partial charge < -0.3 is 4.74 Å². The zero-order chi connectivity index (χ0) is 26.9. The van der Waals surface area contributed by atoms with E-state index in [9.17, 15) is 26.3 Å². The molecule has 212 valence electrons. The summed E-state index contributed by atoms with van der Waals surface area (Å²) >= 11 is 0. The van der Waals surface area contributed by atoms with Gasteiger partial charge in [0.25, 0.3) is 0 Å². The minimum atomic E-state index is -5.73. The lowest BCUT2D eigenvalue weighted by Crippen LogP contribution is -2.41. The van der Waals surface area contributed by atoms with Gasteiger partial charge in [-0.25, -0.2) is 4.39 Å². The first-order chi connectivity index (χ1) is 17.6. The Kier molecular flexibility index (Phi) is 11.7. The average molecular weight is 551 g/mol. The third kappa shape index (κ3) is 9.50. The third-order valence-electron chi connectivity index (χ3n) is 8.81. The van der Waals surface area contributed by atoms with Crippen molar-refractivity contribution in [3.63, 3.8) is 0 Å². The maximum atomic E-state index is 14.2. The fraction of sp³-hybridized carbons (Fsp3) is 0.793. The van der Waals surface area contributed by atoms with E-state index in [1.54, 1.807) is 18.1 Å². The quantitative estimate of drug-likeness (QED) is 0.135. The molecule has 2 aliphatic rings. The molecule has 1 aromatic rings. The lowest BCUT2D eigenvalue weighted by Gasteiger charge is -2.37. The van der Waals surface area contributed by atoms with Crippen molar-refractivity contribution in [2.24, 2.45) is 17.8 Å². The van der Waals surface area contributed by atoms with Gasteiger partial charge in [0.1, 0.15) is 0 Å². The van der Waals surface area contributed by atoms with E-state index in [0.29, 0.717) is 12.0 Å². The number of benzene rings is 1. The van der Waals surface area contributed by atoms with Crippen molar-refractivity contribution in [1.82, 2.24) is 0 Å². The number of unbranched alkanes of at least 4 members (excludes halogenated alkanes) is 3. The molecule has 1 saturated carbocycles. The van der Waals surface area contributed by atoms with Gasteiger partial charge in [0.2, 0.25) is 0 Å². The molecule has 1 aromatic carbocycles. The van der Waals surface area contributed by atoms with Crippen LogP contribution in [0.5, 0.6) is 5.75 Å². The van der Waals surface area contributed by atoms with Crippen LogP contribution in [0.15, 0.2) is 18.2 Å². The highest BCUT2D eigenvalue weighted by molar-refractivity contribution is 6.58. The maximum Gasteiger partial charge on any atom is 0.456 e. The van der Waals surface area contributed by atoms with Crippen molar-refractivity contribution in [2.75, 3.05) is 6.61 Å². The molecule has 0 atom stereocenters. The summed E-state index contributed by atoms with van der Waals surface area (Å²) in [6, 6.07) is 8.56. The van der Waals surface area contributed by atoms with Crippen LogP contribution in [0.3, 0.4) is 0 Å². The molecular formula is C29H44F6OSi. The zero-order valence-corrected chi connectivity index (χ0v) is 23.4. The molecule has 0 radical (unpaired) electrons. The summed E-state index contributed by atoms with van der Waals surface area (Å²) in [5.41, 5.74) is 0.699. The van der Waals surface area contributed by atoms with Crippen molar-refractivity contribution in [3.8, 4) is 5.75 Å². The number of aryl methyl sites for hydroxylation is 1. The second-order valence-corrected chi connectivity index (χ2v) is 15.0.